The fourth-order valence-corrected chi connectivity index (χ4v) is 3.35. The molecule has 3 heteroatoms. The molecular formula is C18H29FN2. The van der Waals surface area contributed by atoms with E-state index in [4.69, 9.17) is 5.73 Å². The summed E-state index contributed by atoms with van der Waals surface area (Å²) in [6.07, 6.45) is 2.95. The first-order valence-corrected chi connectivity index (χ1v) is 8.07. The quantitative estimate of drug-likeness (QED) is 0.913. The van der Waals surface area contributed by atoms with Crippen LogP contribution in [0.15, 0.2) is 18.2 Å². The highest BCUT2D eigenvalue weighted by atomic mass is 19.1. The monoisotopic (exact) mass is 292 g/mol. The summed E-state index contributed by atoms with van der Waals surface area (Å²) in [5.74, 6) is 0.627. The van der Waals surface area contributed by atoms with Crippen LogP contribution in [0.1, 0.15) is 46.1 Å². The maximum absolute atomic E-state index is 14.1. The third-order valence-electron chi connectivity index (χ3n) is 4.68. The van der Waals surface area contributed by atoms with E-state index < -0.39 is 0 Å². The second-order valence-corrected chi connectivity index (χ2v) is 7.55. The Bertz CT molecular complexity index is 469. The van der Waals surface area contributed by atoms with Crippen LogP contribution in [-0.4, -0.2) is 19.1 Å². The molecule has 1 fully saturated rings. The van der Waals surface area contributed by atoms with Gasteiger partial charge in [-0.25, -0.2) is 4.39 Å². The Morgan fingerprint density at radius 2 is 1.90 bits per heavy atom. The van der Waals surface area contributed by atoms with Gasteiger partial charge in [0.1, 0.15) is 5.82 Å². The van der Waals surface area contributed by atoms with Crippen LogP contribution < -0.4 is 10.6 Å². The number of anilines is 1. The first-order valence-electron chi connectivity index (χ1n) is 8.07. The zero-order valence-corrected chi connectivity index (χ0v) is 13.8. The van der Waals surface area contributed by atoms with Crippen molar-refractivity contribution in [1.29, 1.82) is 0 Å². The Hall–Kier alpha value is -1.09. The molecule has 0 amide bonds. The van der Waals surface area contributed by atoms with Crippen molar-refractivity contribution in [2.45, 2.75) is 53.0 Å². The molecule has 21 heavy (non-hydrogen) atoms. The standard InChI is InChI=1S/C18H29FN2/c1-13(20)12-15-16(19)6-5-7-17(15)21-10-8-14(9-11-21)18(2,3)4/h5-7,13-14H,8-12,20H2,1-4H3. The smallest absolute Gasteiger partial charge is 0.128 e. The fourth-order valence-electron chi connectivity index (χ4n) is 3.35. The Balaban J connectivity index is 2.15. The molecule has 1 heterocycles. The number of halogens is 1. The Kier molecular flexibility index (Phi) is 4.92. The molecular weight excluding hydrogens is 263 g/mol. The van der Waals surface area contributed by atoms with Crippen LogP contribution in [0.5, 0.6) is 0 Å². The lowest BCUT2D eigenvalue weighted by Gasteiger charge is -2.40. The van der Waals surface area contributed by atoms with Crippen molar-refractivity contribution >= 4 is 5.69 Å². The van der Waals surface area contributed by atoms with Gasteiger partial charge in [-0.2, -0.15) is 0 Å². The van der Waals surface area contributed by atoms with E-state index in [9.17, 15) is 4.39 Å². The number of nitrogens with zero attached hydrogens (tertiary/aromatic N) is 1. The van der Waals surface area contributed by atoms with Crippen molar-refractivity contribution in [3.05, 3.63) is 29.6 Å². The summed E-state index contributed by atoms with van der Waals surface area (Å²) in [5, 5.41) is 0. The molecule has 0 aromatic heterocycles. The van der Waals surface area contributed by atoms with Gasteiger partial charge in [0, 0.05) is 30.4 Å². The largest absolute Gasteiger partial charge is 0.371 e. The number of nitrogens with two attached hydrogens (primary N) is 1. The molecule has 1 unspecified atom stereocenters. The molecule has 2 N–H and O–H groups in total. The van der Waals surface area contributed by atoms with Crippen molar-refractivity contribution < 1.29 is 4.39 Å². The molecule has 1 atom stereocenters. The molecule has 0 bridgehead atoms. The molecule has 1 aromatic carbocycles. The second kappa shape index (κ2) is 6.35. The van der Waals surface area contributed by atoms with Crippen LogP contribution in [0.3, 0.4) is 0 Å². The van der Waals surface area contributed by atoms with Gasteiger partial charge in [0.15, 0.2) is 0 Å². The average molecular weight is 292 g/mol. The Morgan fingerprint density at radius 3 is 2.43 bits per heavy atom. The van der Waals surface area contributed by atoms with Crippen molar-refractivity contribution in [3.63, 3.8) is 0 Å². The molecule has 1 aliphatic rings. The first kappa shape index (κ1) is 16.3. The summed E-state index contributed by atoms with van der Waals surface area (Å²) < 4.78 is 14.1. The Labute approximate surface area is 128 Å². The predicted molar refractivity (Wildman–Crippen MR) is 88.1 cm³/mol. The van der Waals surface area contributed by atoms with E-state index in [1.54, 1.807) is 6.07 Å². The lowest BCUT2D eigenvalue weighted by atomic mass is 9.75. The number of rotatable bonds is 3. The van der Waals surface area contributed by atoms with Gasteiger partial charge in [-0.1, -0.05) is 26.8 Å². The minimum Gasteiger partial charge on any atom is -0.371 e. The van der Waals surface area contributed by atoms with Crippen LogP contribution in [0.2, 0.25) is 0 Å². The van der Waals surface area contributed by atoms with E-state index in [1.807, 2.05) is 19.1 Å². The van der Waals surface area contributed by atoms with Gasteiger partial charge in [-0.05, 0) is 49.7 Å². The van der Waals surface area contributed by atoms with Crippen LogP contribution in [0.4, 0.5) is 10.1 Å². The van der Waals surface area contributed by atoms with Gasteiger partial charge in [0.25, 0.3) is 0 Å². The van der Waals surface area contributed by atoms with E-state index in [2.05, 4.69) is 25.7 Å². The molecule has 2 nitrogen and oxygen atoms in total. The summed E-state index contributed by atoms with van der Waals surface area (Å²) in [4.78, 5) is 2.34. The zero-order valence-electron chi connectivity index (χ0n) is 13.8. The Morgan fingerprint density at radius 1 is 1.29 bits per heavy atom. The normalized spacial score (nSPS) is 18.9. The van der Waals surface area contributed by atoms with Crippen molar-refractivity contribution in [2.24, 2.45) is 17.1 Å². The highest BCUT2D eigenvalue weighted by Gasteiger charge is 2.29. The van der Waals surface area contributed by atoms with Crippen molar-refractivity contribution in [3.8, 4) is 0 Å². The number of benzene rings is 1. The lowest BCUT2D eigenvalue weighted by Crippen LogP contribution is -2.38. The molecule has 0 aliphatic carbocycles. The van der Waals surface area contributed by atoms with Gasteiger partial charge in [0.05, 0.1) is 0 Å². The zero-order chi connectivity index (χ0) is 15.6. The van der Waals surface area contributed by atoms with Gasteiger partial charge in [-0.15, -0.1) is 0 Å². The van der Waals surface area contributed by atoms with E-state index in [-0.39, 0.29) is 11.9 Å². The number of hydrogen-bond acceptors (Lipinski definition) is 2. The minimum atomic E-state index is -0.122. The lowest BCUT2D eigenvalue weighted by molar-refractivity contribution is 0.199. The predicted octanol–water partition coefficient (Wildman–Crippen LogP) is 3.98. The first-order chi connectivity index (χ1) is 9.79. The summed E-state index contributed by atoms with van der Waals surface area (Å²) in [6, 6.07) is 5.37. The molecule has 1 saturated heterocycles. The summed E-state index contributed by atoms with van der Waals surface area (Å²) in [7, 11) is 0. The van der Waals surface area contributed by atoms with Gasteiger partial charge in [0.2, 0.25) is 0 Å². The van der Waals surface area contributed by atoms with Crippen molar-refractivity contribution in [2.75, 3.05) is 18.0 Å². The highest BCUT2D eigenvalue weighted by Crippen LogP contribution is 2.36. The topological polar surface area (TPSA) is 29.3 Å². The minimum absolute atomic E-state index is 0.0206. The molecule has 0 saturated carbocycles. The maximum atomic E-state index is 14.1. The molecule has 1 aliphatic heterocycles. The summed E-state index contributed by atoms with van der Waals surface area (Å²) >= 11 is 0. The van der Waals surface area contributed by atoms with Crippen molar-refractivity contribution in [1.82, 2.24) is 0 Å². The van der Waals surface area contributed by atoms with Gasteiger partial charge < -0.3 is 10.6 Å². The van der Waals surface area contributed by atoms with Crippen LogP contribution in [0, 0.1) is 17.2 Å². The van der Waals surface area contributed by atoms with E-state index >= 15 is 0 Å². The third kappa shape index (κ3) is 3.97. The van der Waals surface area contributed by atoms with Gasteiger partial charge in [-0.3, -0.25) is 0 Å². The number of hydrogen-bond donors (Lipinski definition) is 1. The summed E-state index contributed by atoms with van der Waals surface area (Å²) in [6.45, 7) is 10.9. The molecule has 118 valence electrons. The van der Waals surface area contributed by atoms with E-state index in [1.165, 1.54) is 12.8 Å². The average Bonchev–Trinajstić information content (AvgIpc) is 2.40. The number of piperidine rings is 1. The second-order valence-electron chi connectivity index (χ2n) is 7.55. The third-order valence-corrected chi connectivity index (χ3v) is 4.68. The molecule has 2 rings (SSSR count). The van der Waals surface area contributed by atoms with Crippen LogP contribution >= 0.6 is 0 Å². The maximum Gasteiger partial charge on any atom is 0.128 e. The van der Waals surface area contributed by atoms with Gasteiger partial charge >= 0.3 is 0 Å². The molecule has 1 aromatic rings. The van der Waals surface area contributed by atoms with Crippen LogP contribution in [-0.2, 0) is 6.42 Å². The summed E-state index contributed by atoms with van der Waals surface area (Å²) in [5.41, 5.74) is 8.07. The SMILES string of the molecule is CC(N)Cc1c(F)cccc1N1CCC(C(C)(C)C)CC1. The van der Waals surface area contributed by atoms with E-state index in [0.717, 1.165) is 30.3 Å². The van der Waals surface area contributed by atoms with Crippen LogP contribution in [0.25, 0.3) is 0 Å². The fraction of sp³-hybridized carbons (Fsp3) is 0.667. The highest BCUT2D eigenvalue weighted by molar-refractivity contribution is 5.55. The van der Waals surface area contributed by atoms with E-state index in [0.29, 0.717) is 11.8 Å². The molecule has 0 spiro atoms. The molecule has 0 radical (unpaired) electrons.